The molecule has 0 spiro atoms. The van der Waals surface area contributed by atoms with E-state index in [1.807, 2.05) is 0 Å². The van der Waals surface area contributed by atoms with Crippen LogP contribution in [0.5, 0.6) is 0 Å². The predicted octanol–water partition coefficient (Wildman–Crippen LogP) is -0.324. The number of nitrogens with two attached hydrogens (primary N) is 1. The molecule has 1 heterocycles. The van der Waals surface area contributed by atoms with Crippen LogP contribution < -0.4 is 5.73 Å². The summed E-state index contributed by atoms with van der Waals surface area (Å²) in [6.07, 6.45) is 0.618. The zero-order chi connectivity index (χ0) is 8.97. The van der Waals surface area contributed by atoms with Gasteiger partial charge in [0.05, 0.1) is 5.69 Å². The lowest BCUT2D eigenvalue weighted by Gasteiger charge is -1.95. The van der Waals surface area contributed by atoms with Crippen molar-refractivity contribution in [2.24, 2.45) is 5.73 Å². The number of hydrogen-bond acceptors (Lipinski definition) is 4. The molecular weight excluding hydrogens is 158 g/mol. The molecule has 0 aromatic carbocycles. The molecule has 0 aliphatic rings. The van der Waals surface area contributed by atoms with Crippen LogP contribution in [0, 0.1) is 0 Å². The Kier molecular flexibility index (Phi) is 2.71. The quantitative estimate of drug-likeness (QED) is 0.643. The number of aromatic carboxylic acids is 1. The molecule has 0 atom stereocenters. The van der Waals surface area contributed by atoms with Crippen molar-refractivity contribution in [1.29, 1.82) is 0 Å². The van der Waals surface area contributed by atoms with E-state index in [2.05, 4.69) is 10.2 Å². The predicted molar refractivity (Wildman–Crippen MR) is 41.7 cm³/mol. The molecule has 1 aromatic heterocycles. The highest BCUT2D eigenvalue weighted by Gasteiger charge is 2.03. The van der Waals surface area contributed by atoms with Crippen LogP contribution in [0.1, 0.15) is 16.2 Å². The van der Waals surface area contributed by atoms with E-state index in [1.165, 1.54) is 6.07 Å². The average molecular weight is 167 g/mol. The molecule has 64 valence electrons. The third-order valence-electron chi connectivity index (χ3n) is 1.34. The Labute approximate surface area is 69.2 Å². The van der Waals surface area contributed by atoms with Crippen LogP contribution in [0.2, 0.25) is 0 Å². The molecule has 5 heteroatoms. The van der Waals surface area contributed by atoms with E-state index < -0.39 is 5.97 Å². The standard InChI is InChI=1S/C7H9N3O2/c8-4-3-5-1-2-6(7(11)12)10-9-5/h1-2H,3-4,8H2,(H,11,12). The van der Waals surface area contributed by atoms with E-state index >= 15 is 0 Å². The second-order valence-electron chi connectivity index (χ2n) is 2.25. The zero-order valence-corrected chi connectivity index (χ0v) is 6.40. The van der Waals surface area contributed by atoms with Crippen molar-refractivity contribution in [3.05, 3.63) is 23.5 Å². The molecule has 0 bridgehead atoms. The van der Waals surface area contributed by atoms with Crippen molar-refractivity contribution >= 4 is 5.97 Å². The monoisotopic (exact) mass is 167 g/mol. The van der Waals surface area contributed by atoms with Crippen molar-refractivity contribution in [2.75, 3.05) is 6.54 Å². The first kappa shape index (κ1) is 8.61. The van der Waals surface area contributed by atoms with Crippen molar-refractivity contribution < 1.29 is 9.90 Å². The highest BCUT2D eigenvalue weighted by Crippen LogP contribution is 1.96. The summed E-state index contributed by atoms with van der Waals surface area (Å²) in [6.45, 7) is 0.487. The summed E-state index contributed by atoms with van der Waals surface area (Å²) in [7, 11) is 0. The summed E-state index contributed by atoms with van der Waals surface area (Å²) >= 11 is 0. The molecule has 1 aromatic rings. The van der Waals surface area contributed by atoms with Crippen LogP contribution in [-0.2, 0) is 6.42 Å². The second kappa shape index (κ2) is 3.77. The van der Waals surface area contributed by atoms with Gasteiger partial charge in [-0.3, -0.25) is 0 Å². The highest BCUT2D eigenvalue weighted by molar-refractivity contribution is 5.84. The summed E-state index contributed by atoms with van der Waals surface area (Å²) < 4.78 is 0. The van der Waals surface area contributed by atoms with Gasteiger partial charge >= 0.3 is 5.97 Å². The van der Waals surface area contributed by atoms with Gasteiger partial charge in [-0.15, -0.1) is 5.10 Å². The van der Waals surface area contributed by atoms with E-state index in [-0.39, 0.29) is 5.69 Å². The Morgan fingerprint density at radius 1 is 1.50 bits per heavy atom. The smallest absolute Gasteiger partial charge is 0.356 e. The minimum Gasteiger partial charge on any atom is -0.476 e. The van der Waals surface area contributed by atoms with E-state index in [1.54, 1.807) is 6.07 Å². The van der Waals surface area contributed by atoms with E-state index in [0.717, 1.165) is 0 Å². The highest BCUT2D eigenvalue weighted by atomic mass is 16.4. The number of rotatable bonds is 3. The van der Waals surface area contributed by atoms with Crippen LogP contribution in [0.25, 0.3) is 0 Å². The molecule has 0 unspecified atom stereocenters. The molecule has 0 aliphatic heterocycles. The molecule has 1 rings (SSSR count). The summed E-state index contributed by atoms with van der Waals surface area (Å²) in [5.41, 5.74) is 5.94. The molecule has 0 aliphatic carbocycles. The number of carboxylic acid groups (broad SMARTS) is 1. The molecule has 5 nitrogen and oxygen atoms in total. The van der Waals surface area contributed by atoms with Gasteiger partial charge in [0.25, 0.3) is 0 Å². The van der Waals surface area contributed by atoms with Gasteiger partial charge in [-0.25, -0.2) is 4.79 Å². The van der Waals surface area contributed by atoms with Gasteiger partial charge in [0, 0.05) is 6.42 Å². The lowest BCUT2D eigenvalue weighted by molar-refractivity contribution is 0.0689. The van der Waals surface area contributed by atoms with E-state index in [9.17, 15) is 4.79 Å². The van der Waals surface area contributed by atoms with Crippen molar-refractivity contribution in [3.8, 4) is 0 Å². The first-order chi connectivity index (χ1) is 5.74. The lowest BCUT2D eigenvalue weighted by Crippen LogP contribution is -2.07. The Bertz CT molecular complexity index is 270. The summed E-state index contributed by atoms with van der Waals surface area (Å²) in [5.74, 6) is -1.07. The van der Waals surface area contributed by atoms with Gasteiger partial charge in [-0.2, -0.15) is 5.10 Å². The molecule has 0 radical (unpaired) electrons. The molecular formula is C7H9N3O2. The normalized spacial score (nSPS) is 9.75. The minimum absolute atomic E-state index is 0.0456. The number of aromatic nitrogens is 2. The molecule has 0 fully saturated rings. The molecule has 3 N–H and O–H groups in total. The first-order valence-electron chi connectivity index (χ1n) is 3.50. The van der Waals surface area contributed by atoms with Gasteiger partial charge in [0.15, 0.2) is 5.69 Å². The number of carboxylic acids is 1. The van der Waals surface area contributed by atoms with Crippen LogP contribution in [0.3, 0.4) is 0 Å². The first-order valence-corrected chi connectivity index (χ1v) is 3.50. The van der Waals surface area contributed by atoms with Gasteiger partial charge < -0.3 is 10.8 Å². The fraction of sp³-hybridized carbons (Fsp3) is 0.286. The maximum atomic E-state index is 10.3. The maximum Gasteiger partial charge on any atom is 0.356 e. The third-order valence-corrected chi connectivity index (χ3v) is 1.34. The number of nitrogens with zero attached hydrogens (tertiary/aromatic N) is 2. The zero-order valence-electron chi connectivity index (χ0n) is 6.40. The minimum atomic E-state index is -1.07. The number of hydrogen-bond donors (Lipinski definition) is 2. The summed E-state index contributed by atoms with van der Waals surface area (Å²) in [6, 6.07) is 3.03. The largest absolute Gasteiger partial charge is 0.476 e. The fourth-order valence-corrected chi connectivity index (χ4v) is 0.755. The lowest BCUT2D eigenvalue weighted by atomic mass is 10.3. The van der Waals surface area contributed by atoms with Gasteiger partial charge in [0.2, 0.25) is 0 Å². The average Bonchev–Trinajstić information content (AvgIpc) is 2.06. The van der Waals surface area contributed by atoms with Crippen LogP contribution in [0.4, 0.5) is 0 Å². The van der Waals surface area contributed by atoms with Gasteiger partial charge in [0.1, 0.15) is 0 Å². The maximum absolute atomic E-state index is 10.3. The summed E-state index contributed by atoms with van der Waals surface area (Å²) in [4.78, 5) is 10.3. The second-order valence-corrected chi connectivity index (χ2v) is 2.25. The molecule has 0 amide bonds. The van der Waals surface area contributed by atoms with E-state index in [4.69, 9.17) is 10.8 Å². The van der Waals surface area contributed by atoms with Crippen LogP contribution >= 0.6 is 0 Å². The topological polar surface area (TPSA) is 89.1 Å². The van der Waals surface area contributed by atoms with Gasteiger partial charge in [-0.05, 0) is 18.7 Å². The SMILES string of the molecule is NCCc1ccc(C(=O)O)nn1. The Morgan fingerprint density at radius 2 is 2.25 bits per heavy atom. The number of carbonyl (C=O) groups is 1. The van der Waals surface area contributed by atoms with E-state index in [0.29, 0.717) is 18.7 Å². The van der Waals surface area contributed by atoms with Crippen LogP contribution in [-0.4, -0.2) is 27.8 Å². The molecule has 0 saturated heterocycles. The van der Waals surface area contributed by atoms with Crippen molar-refractivity contribution in [3.63, 3.8) is 0 Å². The van der Waals surface area contributed by atoms with Gasteiger partial charge in [-0.1, -0.05) is 0 Å². The summed E-state index contributed by atoms with van der Waals surface area (Å²) in [5, 5.41) is 15.6. The Balaban J connectivity index is 2.78. The van der Waals surface area contributed by atoms with Crippen molar-refractivity contribution in [1.82, 2.24) is 10.2 Å². The van der Waals surface area contributed by atoms with Crippen molar-refractivity contribution in [2.45, 2.75) is 6.42 Å². The third kappa shape index (κ3) is 2.00. The molecule has 12 heavy (non-hydrogen) atoms. The Hall–Kier alpha value is -1.49. The Morgan fingerprint density at radius 3 is 2.67 bits per heavy atom. The molecule has 0 saturated carbocycles. The van der Waals surface area contributed by atoms with Crippen LogP contribution in [0.15, 0.2) is 12.1 Å². The fourth-order valence-electron chi connectivity index (χ4n) is 0.755.